The molecule has 0 saturated heterocycles. The maximum absolute atomic E-state index is 4.47. The fourth-order valence-corrected chi connectivity index (χ4v) is 1.08. The van der Waals surface area contributed by atoms with Gasteiger partial charge in [0, 0.05) is 17.8 Å². The van der Waals surface area contributed by atoms with Gasteiger partial charge in [-0.3, -0.25) is 0 Å². The minimum absolute atomic E-state index is 0.810. The number of fused-ring (bicyclic) bond motifs is 1. The van der Waals surface area contributed by atoms with Crippen LogP contribution in [-0.2, 0) is 0 Å². The van der Waals surface area contributed by atoms with E-state index in [1.54, 1.807) is 18.6 Å². The monoisotopic (exact) mass is 199 g/mol. The summed E-state index contributed by atoms with van der Waals surface area (Å²) < 4.78 is 4.47. The minimum atomic E-state index is 0.810. The highest BCUT2D eigenvalue weighted by molar-refractivity contribution is 5.73. The smallest absolute Gasteiger partial charge is 0.180 e. The molecule has 0 bridgehead atoms. The van der Waals surface area contributed by atoms with E-state index in [1.807, 2.05) is 24.3 Å². The van der Waals surface area contributed by atoms with Crippen LogP contribution in [0.1, 0.15) is 0 Å². The molecule has 0 radical (unpaired) electrons. The molecule has 15 heavy (non-hydrogen) atoms. The predicted octanol–water partition coefficient (Wildman–Crippen LogP) is 2.30. The molecule has 0 aliphatic rings. The second-order valence-electron chi connectivity index (χ2n) is 2.73. The molecule has 4 heteroatoms. The molecule has 0 saturated carbocycles. The van der Waals surface area contributed by atoms with Gasteiger partial charge in [0.05, 0.1) is 6.20 Å². The van der Waals surface area contributed by atoms with Gasteiger partial charge in [-0.25, -0.2) is 15.0 Å². The Bertz CT molecular complexity index is 425. The summed E-state index contributed by atoms with van der Waals surface area (Å²) in [7, 11) is 0. The molecule has 3 aromatic heterocycles. The van der Waals surface area contributed by atoms with Crippen molar-refractivity contribution in [3.05, 3.63) is 55.5 Å². The van der Waals surface area contributed by atoms with Gasteiger partial charge in [0.1, 0.15) is 6.26 Å². The molecule has 0 unspecified atom stereocenters. The van der Waals surface area contributed by atoms with Crippen molar-refractivity contribution < 1.29 is 4.42 Å². The molecule has 0 aromatic carbocycles. The number of hydrogen-bond acceptors (Lipinski definition) is 4. The Labute approximate surface area is 86.6 Å². The fraction of sp³-hybridized carbons (Fsp3) is 0. The molecule has 0 amide bonds. The number of aromatic nitrogens is 3. The van der Waals surface area contributed by atoms with Crippen LogP contribution in [0.25, 0.3) is 11.0 Å². The molecule has 3 heterocycles. The van der Waals surface area contributed by atoms with Crippen LogP contribution in [0.4, 0.5) is 0 Å². The van der Waals surface area contributed by atoms with Crippen molar-refractivity contribution in [1.29, 1.82) is 0 Å². The molecular weight excluding hydrogens is 190 g/mol. The minimum Gasteiger partial charge on any atom is -0.452 e. The second-order valence-corrected chi connectivity index (χ2v) is 2.73. The molecule has 3 aromatic rings. The molecule has 0 aliphatic heterocycles. The molecule has 0 aliphatic carbocycles. The molecule has 3 rings (SSSR count). The maximum atomic E-state index is 4.47. The number of rotatable bonds is 0. The zero-order valence-electron chi connectivity index (χ0n) is 7.95. The molecule has 4 nitrogen and oxygen atoms in total. The van der Waals surface area contributed by atoms with Crippen molar-refractivity contribution in [2.45, 2.75) is 0 Å². The Morgan fingerprint density at radius 3 is 2.07 bits per heavy atom. The van der Waals surface area contributed by atoms with Crippen LogP contribution in [0, 0.1) is 0 Å². The molecular formula is C11H9N3O. The van der Waals surface area contributed by atoms with Crippen molar-refractivity contribution >= 4 is 11.0 Å². The molecule has 74 valence electrons. The number of pyridine rings is 2. The van der Waals surface area contributed by atoms with Gasteiger partial charge in [0.2, 0.25) is 0 Å². The van der Waals surface area contributed by atoms with Gasteiger partial charge in [0.25, 0.3) is 0 Å². The van der Waals surface area contributed by atoms with Crippen molar-refractivity contribution in [2.75, 3.05) is 0 Å². The summed E-state index contributed by atoms with van der Waals surface area (Å²) in [6.07, 6.45) is 7.96. The van der Waals surface area contributed by atoms with Gasteiger partial charge in [0.15, 0.2) is 12.0 Å². The van der Waals surface area contributed by atoms with Gasteiger partial charge in [-0.05, 0) is 24.3 Å². The summed E-state index contributed by atoms with van der Waals surface area (Å²) in [5, 5.41) is 1.09. The Morgan fingerprint density at radius 1 is 0.933 bits per heavy atom. The first-order chi connectivity index (χ1) is 7.47. The van der Waals surface area contributed by atoms with Crippen LogP contribution in [0.3, 0.4) is 0 Å². The Balaban J connectivity index is 0.000000144. The summed E-state index contributed by atoms with van der Waals surface area (Å²) in [5.41, 5.74) is 0.810. The van der Waals surface area contributed by atoms with E-state index in [9.17, 15) is 0 Å². The predicted molar refractivity (Wildman–Crippen MR) is 56.0 cm³/mol. The molecule has 0 spiro atoms. The summed E-state index contributed by atoms with van der Waals surface area (Å²) in [6, 6.07) is 7.80. The van der Waals surface area contributed by atoms with Crippen molar-refractivity contribution in [2.24, 2.45) is 0 Å². The average molecular weight is 199 g/mol. The lowest BCUT2D eigenvalue weighted by Gasteiger charge is -1.90. The van der Waals surface area contributed by atoms with E-state index in [0.29, 0.717) is 0 Å². The third kappa shape index (κ3) is 2.60. The van der Waals surface area contributed by atoms with Gasteiger partial charge >= 0.3 is 0 Å². The lowest BCUT2D eigenvalue weighted by atomic mass is 10.3. The fourth-order valence-electron chi connectivity index (χ4n) is 1.08. The highest BCUT2D eigenvalue weighted by atomic mass is 16.3. The van der Waals surface area contributed by atoms with Gasteiger partial charge < -0.3 is 4.42 Å². The van der Waals surface area contributed by atoms with Crippen molar-refractivity contribution in [3.8, 4) is 0 Å². The van der Waals surface area contributed by atoms with E-state index in [1.165, 1.54) is 12.7 Å². The van der Waals surface area contributed by atoms with E-state index in [2.05, 4.69) is 19.4 Å². The zero-order chi connectivity index (χ0) is 10.3. The van der Waals surface area contributed by atoms with Crippen LogP contribution in [-0.4, -0.2) is 15.0 Å². The van der Waals surface area contributed by atoms with Crippen molar-refractivity contribution in [1.82, 2.24) is 15.0 Å². The number of hydrogen-bond donors (Lipinski definition) is 0. The first kappa shape index (κ1) is 9.33. The number of oxazole rings is 1. The topological polar surface area (TPSA) is 51.8 Å². The van der Waals surface area contributed by atoms with E-state index in [0.717, 1.165) is 11.0 Å². The lowest BCUT2D eigenvalue weighted by molar-refractivity contribution is 0.558. The number of nitrogens with zero attached hydrogens (tertiary/aromatic N) is 3. The third-order valence-corrected chi connectivity index (χ3v) is 1.72. The zero-order valence-corrected chi connectivity index (χ0v) is 7.95. The SMILES string of the molecule is c1cnc2ncccc2c1.c1cocn1. The lowest BCUT2D eigenvalue weighted by Crippen LogP contribution is -1.78. The summed E-state index contributed by atoms with van der Waals surface area (Å²) in [5.74, 6) is 0. The van der Waals surface area contributed by atoms with Crippen LogP contribution in [0.15, 0.2) is 59.9 Å². The Morgan fingerprint density at radius 2 is 1.67 bits per heavy atom. The summed E-state index contributed by atoms with van der Waals surface area (Å²) >= 11 is 0. The van der Waals surface area contributed by atoms with Crippen LogP contribution < -0.4 is 0 Å². The van der Waals surface area contributed by atoms with E-state index >= 15 is 0 Å². The Hall–Kier alpha value is -2.23. The summed E-state index contributed by atoms with van der Waals surface area (Å²) in [4.78, 5) is 11.7. The van der Waals surface area contributed by atoms with E-state index in [-0.39, 0.29) is 0 Å². The van der Waals surface area contributed by atoms with Gasteiger partial charge in [-0.1, -0.05) is 0 Å². The largest absolute Gasteiger partial charge is 0.452 e. The van der Waals surface area contributed by atoms with E-state index < -0.39 is 0 Å². The van der Waals surface area contributed by atoms with Gasteiger partial charge in [-0.2, -0.15) is 0 Å². The van der Waals surface area contributed by atoms with Crippen LogP contribution >= 0.6 is 0 Å². The first-order valence-corrected chi connectivity index (χ1v) is 4.45. The third-order valence-electron chi connectivity index (χ3n) is 1.72. The van der Waals surface area contributed by atoms with E-state index in [4.69, 9.17) is 0 Å². The standard InChI is InChI=1S/C8H6N2.C3H3NO/c1-3-7-4-2-6-10-8(7)9-5-1;1-2-5-3-4-1/h1-6H;1-3H. The van der Waals surface area contributed by atoms with Gasteiger partial charge in [-0.15, -0.1) is 0 Å². The molecule has 0 atom stereocenters. The Kier molecular flexibility index (Phi) is 3.02. The highest BCUT2D eigenvalue weighted by Gasteiger charge is 1.88. The molecule has 0 fully saturated rings. The first-order valence-electron chi connectivity index (χ1n) is 4.45. The molecule has 0 N–H and O–H groups in total. The maximum Gasteiger partial charge on any atom is 0.180 e. The normalized spacial score (nSPS) is 9.33. The van der Waals surface area contributed by atoms with Crippen LogP contribution in [0.5, 0.6) is 0 Å². The second kappa shape index (κ2) is 4.85. The van der Waals surface area contributed by atoms with Crippen molar-refractivity contribution in [3.63, 3.8) is 0 Å². The average Bonchev–Trinajstić information content (AvgIpc) is 2.88. The highest BCUT2D eigenvalue weighted by Crippen LogP contribution is 2.04. The quantitative estimate of drug-likeness (QED) is 0.557. The summed E-state index contributed by atoms with van der Waals surface area (Å²) in [6.45, 7) is 0. The van der Waals surface area contributed by atoms with Crippen LogP contribution in [0.2, 0.25) is 0 Å².